The second-order valence-electron chi connectivity index (χ2n) is 8.47. The maximum absolute atomic E-state index is 13.6. The zero-order valence-electron chi connectivity index (χ0n) is 19.7. The Hall–Kier alpha value is -4.52. The Morgan fingerprint density at radius 2 is 1.71 bits per heavy atom. The van der Waals surface area contributed by atoms with Crippen molar-refractivity contribution in [2.75, 3.05) is 7.05 Å². The summed E-state index contributed by atoms with van der Waals surface area (Å²) in [6.07, 6.45) is 6.89. The van der Waals surface area contributed by atoms with Gasteiger partial charge in [0, 0.05) is 25.0 Å². The van der Waals surface area contributed by atoms with Gasteiger partial charge in [0.2, 0.25) is 0 Å². The van der Waals surface area contributed by atoms with Crippen molar-refractivity contribution >= 4 is 5.91 Å². The molecule has 0 aliphatic heterocycles. The van der Waals surface area contributed by atoms with Gasteiger partial charge in [-0.3, -0.25) is 9.48 Å². The Bertz CT molecular complexity index is 1390. The fourth-order valence-corrected chi connectivity index (χ4v) is 4.13. The van der Waals surface area contributed by atoms with E-state index in [0.29, 0.717) is 12.1 Å². The summed E-state index contributed by atoms with van der Waals surface area (Å²) in [6, 6.07) is 25.9. The van der Waals surface area contributed by atoms with Crippen LogP contribution in [0.5, 0.6) is 0 Å². The molecule has 1 amide bonds. The van der Waals surface area contributed by atoms with Gasteiger partial charge in [-0.1, -0.05) is 54.6 Å². The largest absolute Gasteiger partial charge is 0.335 e. The molecule has 2 aromatic heterocycles. The minimum Gasteiger partial charge on any atom is -0.335 e. The van der Waals surface area contributed by atoms with E-state index in [1.54, 1.807) is 22.1 Å². The Morgan fingerprint density at radius 1 is 0.943 bits per heavy atom. The molecule has 0 saturated heterocycles. The third-order valence-electron chi connectivity index (χ3n) is 6.29. The van der Waals surface area contributed by atoms with E-state index in [4.69, 9.17) is 0 Å². The van der Waals surface area contributed by atoms with E-state index in [-0.39, 0.29) is 11.9 Å². The van der Waals surface area contributed by atoms with Crippen LogP contribution in [0, 0.1) is 0 Å². The van der Waals surface area contributed by atoms with Crippen molar-refractivity contribution in [2.45, 2.75) is 19.5 Å². The van der Waals surface area contributed by atoms with Crippen LogP contribution in [-0.4, -0.2) is 42.4 Å². The topological polar surface area (TPSA) is 68.8 Å². The number of carbonyl (C=O) groups is 1. The average Bonchev–Trinajstić information content (AvgIpc) is 3.63. The predicted octanol–water partition coefficient (Wildman–Crippen LogP) is 5.01. The highest BCUT2D eigenvalue weighted by atomic mass is 16.2. The molecule has 0 saturated carbocycles. The first-order valence-corrected chi connectivity index (χ1v) is 11.5. The van der Waals surface area contributed by atoms with E-state index >= 15 is 0 Å². The van der Waals surface area contributed by atoms with Crippen LogP contribution < -0.4 is 0 Å². The summed E-state index contributed by atoms with van der Waals surface area (Å²) < 4.78 is 3.60. The van der Waals surface area contributed by atoms with Gasteiger partial charge in [-0.2, -0.15) is 10.2 Å². The van der Waals surface area contributed by atoms with Gasteiger partial charge in [0.15, 0.2) is 0 Å². The molecule has 7 nitrogen and oxygen atoms in total. The molecule has 0 spiro atoms. The van der Waals surface area contributed by atoms with Gasteiger partial charge in [0.25, 0.3) is 5.91 Å². The van der Waals surface area contributed by atoms with Gasteiger partial charge < -0.3 is 4.90 Å². The lowest BCUT2D eigenvalue weighted by atomic mass is 9.97. The van der Waals surface area contributed by atoms with Crippen molar-refractivity contribution < 1.29 is 4.79 Å². The molecule has 0 N–H and O–H groups in total. The summed E-state index contributed by atoms with van der Waals surface area (Å²) in [4.78, 5) is 19.4. The first-order chi connectivity index (χ1) is 17.1. The van der Waals surface area contributed by atoms with E-state index in [2.05, 4.69) is 39.4 Å². The SMILES string of the molecule is CC(c1ccc(-n2cncn2)cc1)N(C)C(=O)c1ccccc1-c1ccc(Cn2cccn2)cc1. The smallest absolute Gasteiger partial charge is 0.254 e. The van der Waals surface area contributed by atoms with Crippen molar-refractivity contribution in [1.82, 2.24) is 29.4 Å². The van der Waals surface area contributed by atoms with E-state index in [9.17, 15) is 4.79 Å². The summed E-state index contributed by atoms with van der Waals surface area (Å²) in [7, 11) is 1.85. The molecule has 3 aromatic carbocycles. The molecule has 2 heterocycles. The summed E-state index contributed by atoms with van der Waals surface area (Å²) >= 11 is 0. The van der Waals surface area contributed by atoms with Crippen LogP contribution in [0.4, 0.5) is 0 Å². The predicted molar refractivity (Wildman–Crippen MR) is 135 cm³/mol. The maximum Gasteiger partial charge on any atom is 0.254 e. The van der Waals surface area contributed by atoms with Crippen molar-refractivity contribution in [3.8, 4) is 16.8 Å². The van der Waals surface area contributed by atoms with Crippen LogP contribution in [0.3, 0.4) is 0 Å². The molecule has 0 aliphatic carbocycles. The second-order valence-corrected chi connectivity index (χ2v) is 8.47. The molecule has 5 rings (SSSR count). The van der Waals surface area contributed by atoms with E-state index in [1.165, 1.54) is 6.33 Å². The minimum absolute atomic E-state index is 0.0194. The monoisotopic (exact) mass is 462 g/mol. The molecule has 0 fully saturated rings. The number of rotatable bonds is 7. The standard InChI is InChI=1S/C28H26N6O/c1-21(23-12-14-25(15-13-23)34-20-29-19-31-34)32(2)28(35)27-7-4-3-6-26(27)24-10-8-22(9-11-24)18-33-17-5-16-30-33/h3-17,19-21H,18H2,1-2H3. The fraction of sp³-hybridized carbons (Fsp3) is 0.143. The second kappa shape index (κ2) is 9.77. The molecule has 0 bridgehead atoms. The number of benzene rings is 3. The van der Waals surface area contributed by atoms with Crippen molar-refractivity contribution in [3.63, 3.8) is 0 Å². The number of nitrogens with zero attached hydrogens (tertiary/aromatic N) is 6. The quantitative estimate of drug-likeness (QED) is 0.341. The normalized spacial score (nSPS) is 11.8. The minimum atomic E-state index is -0.100. The van der Waals surface area contributed by atoms with Gasteiger partial charge in [-0.15, -0.1) is 0 Å². The highest BCUT2D eigenvalue weighted by Gasteiger charge is 2.21. The van der Waals surface area contributed by atoms with Gasteiger partial charge in [0.1, 0.15) is 12.7 Å². The molecule has 7 heteroatoms. The molecule has 174 valence electrons. The van der Waals surface area contributed by atoms with E-state index < -0.39 is 0 Å². The van der Waals surface area contributed by atoms with Gasteiger partial charge in [-0.25, -0.2) is 9.67 Å². The molecule has 1 atom stereocenters. The summed E-state index contributed by atoms with van der Waals surface area (Å²) in [6.45, 7) is 2.75. The van der Waals surface area contributed by atoms with Crippen LogP contribution in [-0.2, 0) is 6.54 Å². The Kier molecular flexibility index (Phi) is 6.22. The first kappa shape index (κ1) is 22.3. The zero-order valence-corrected chi connectivity index (χ0v) is 19.7. The first-order valence-electron chi connectivity index (χ1n) is 11.5. The van der Waals surface area contributed by atoms with Gasteiger partial charge in [-0.05, 0) is 53.4 Å². The van der Waals surface area contributed by atoms with E-state index in [1.807, 2.05) is 79.4 Å². The lowest BCUT2D eigenvalue weighted by molar-refractivity contribution is 0.0743. The lowest BCUT2D eigenvalue weighted by Gasteiger charge is -2.26. The fourth-order valence-electron chi connectivity index (χ4n) is 4.13. The van der Waals surface area contributed by atoms with Crippen LogP contribution in [0.1, 0.15) is 34.5 Å². The Labute approximate surface area is 204 Å². The zero-order chi connectivity index (χ0) is 24.2. The molecule has 5 aromatic rings. The average molecular weight is 463 g/mol. The van der Waals surface area contributed by atoms with Crippen molar-refractivity contribution in [3.05, 3.63) is 121 Å². The number of amides is 1. The summed E-state index contributed by atoms with van der Waals surface area (Å²) in [5.41, 5.74) is 5.74. The van der Waals surface area contributed by atoms with Crippen LogP contribution in [0.15, 0.2) is 104 Å². The lowest BCUT2D eigenvalue weighted by Crippen LogP contribution is -2.30. The maximum atomic E-state index is 13.6. The van der Waals surface area contributed by atoms with Crippen LogP contribution >= 0.6 is 0 Å². The van der Waals surface area contributed by atoms with Crippen molar-refractivity contribution in [1.29, 1.82) is 0 Å². The van der Waals surface area contributed by atoms with E-state index in [0.717, 1.165) is 27.9 Å². The van der Waals surface area contributed by atoms with Gasteiger partial charge in [0.05, 0.1) is 18.3 Å². The molecule has 0 aliphatic rings. The number of carbonyl (C=O) groups excluding carboxylic acids is 1. The van der Waals surface area contributed by atoms with Gasteiger partial charge >= 0.3 is 0 Å². The number of hydrogen-bond acceptors (Lipinski definition) is 4. The Morgan fingerprint density at radius 3 is 2.40 bits per heavy atom. The molecule has 1 unspecified atom stereocenters. The summed E-state index contributed by atoms with van der Waals surface area (Å²) in [5.74, 6) is -0.0194. The molecule has 35 heavy (non-hydrogen) atoms. The molecular weight excluding hydrogens is 436 g/mol. The number of hydrogen-bond donors (Lipinski definition) is 0. The Balaban J connectivity index is 1.35. The number of aromatic nitrogens is 5. The third-order valence-corrected chi connectivity index (χ3v) is 6.29. The van der Waals surface area contributed by atoms with Crippen LogP contribution in [0.2, 0.25) is 0 Å². The molecule has 0 radical (unpaired) electrons. The third kappa shape index (κ3) is 4.75. The highest BCUT2D eigenvalue weighted by molar-refractivity contribution is 6.01. The summed E-state index contributed by atoms with van der Waals surface area (Å²) in [5, 5.41) is 8.43. The highest BCUT2D eigenvalue weighted by Crippen LogP contribution is 2.28. The molecular formula is C28H26N6O. The van der Waals surface area contributed by atoms with Crippen molar-refractivity contribution in [2.24, 2.45) is 0 Å². The van der Waals surface area contributed by atoms with Crippen LogP contribution in [0.25, 0.3) is 16.8 Å².